The highest BCUT2D eigenvalue weighted by Crippen LogP contribution is 2.24. The van der Waals surface area contributed by atoms with Crippen molar-refractivity contribution in [2.24, 2.45) is 0 Å². The molecule has 4 heteroatoms. The van der Waals surface area contributed by atoms with Gasteiger partial charge in [0.15, 0.2) is 0 Å². The van der Waals surface area contributed by atoms with Crippen LogP contribution in [0.2, 0.25) is 0 Å². The highest BCUT2D eigenvalue weighted by atomic mass is 16.5. The molecule has 0 unspecified atom stereocenters. The van der Waals surface area contributed by atoms with Crippen molar-refractivity contribution in [3.8, 4) is 5.75 Å². The quantitative estimate of drug-likeness (QED) is 0.660. The minimum absolute atomic E-state index is 0.319. The van der Waals surface area contributed by atoms with Crippen molar-refractivity contribution in [2.75, 3.05) is 12.3 Å². The summed E-state index contributed by atoms with van der Waals surface area (Å²) in [6.45, 7) is 8.16. The molecule has 0 heterocycles. The normalized spacial score (nSPS) is 11.1. The molecule has 0 atom stereocenters. The van der Waals surface area contributed by atoms with Gasteiger partial charge in [-0.05, 0) is 45.4 Å². The van der Waals surface area contributed by atoms with Crippen molar-refractivity contribution in [1.29, 1.82) is 0 Å². The standard InChI is InChI=1S/C14H21NO3/c1-5-8-17-13(16)11-9-10(6-7-12(11)15)18-14(2,3)4/h6-7,9H,5,8,15H2,1-4H3. The molecule has 0 aliphatic rings. The zero-order chi connectivity index (χ0) is 13.8. The van der Waals surface area contributed by atoms with Gasteiger partial charge in [-0.3, -0.25) is 0 Å². The Morgan fingerprint density at radius 2 is 2.00 bits per heavy atom. The van der Waals surface area contributed by atoms with E-state index >= 15 is 0 Å². The van der Waals surface area contributed by atoms with Crippen LogP contribution in [0.15, 0.2) is 18.2 Å². The van der Waals surface area contributed by atoms with E-state index < -0.39 is 5.97 Å². The monoisotopic (exact) mass is 251 g/mol. The lowest BCUT2D eigenvalue weighted by Crippen LogP contribution is -2.23. The Balaban J connectivity index is 2.91. The molecule has 0 saturated heterocycles. The molecule has 0 aliphatic heterocycles. The average molecular weight is 251 g/mol. The Hall–Kier alpha value is -1.71. The maximum Gasteiger partial charge on any atom is 0.340 e. The van der Waals surface area contributed by atoms with Gasteiger partial charge in [-0.2, -0.15) is 0 Å². The molecule has 0 aromatic heterocycles. The van der Waals surface area contributed by atoms with Gasteiger partial charge >= 0.3 is 5.97 Å². The van der Waals surface area contributed by atoms with E-state index in [1.54, 1.807) is 18.2 Å². The van der Waals surface area contributed by atoms with Crippen molar-refractivity contribution >= 4 is 11.7 Å². The lowest BCUT2D eigenvalue weighted by Gasteiger charge is -2.21. The van der Waals surface area contributed by atoms with Gasteiger partial charge in [-0.1, -0.05) is 6.92 Å². The molecule has 0 radical (unpaired) electrons. The van der Waals surface area contributed by atoms with E-state index in [1.165, 1.54) is 0 Å². The van der Waals surface area contributed by atoms with Crippen LogP contribution in [0.1, 0.15) is 44.5 Å². The zero-order valence-electron chi connectivity index (χ0n) is 11.4. The smallest absolute Gasteiger partial charge is 0.340 e. The second-order valence-corrected chi connectivity index (χ2v) is 5.10. The van der Waals surface area contributed by atoms with Crippen molar-refractivity contribution in [2.45, 2.75) is 39.7 Å². The minimum Gasteiger partial charge on any atom is -0.488 e. The summed E-state index contributed by atoms with van der Waals surface area (Å²) in [5.74, 6) is 0.203. The predicted molar refractivity (Wildman–Crippen MR) is 71.8 cm³/mol. The summed E-state index contributed by atoms with van der Waals surface area (Å²) in [4.78, 5) is 11.8. The fourth-order valence-corrected chi connectivity index (χ4v) is 1.40. The molecular weight excluding hydrogens is 230 g/mol. The summed E-state index contributed by atoms with van der Waals surface area (Å²) in [5, 5.41) is 0. The summed E-state index contributed by atoms with van der Waals surface area (Å²) >= 11 is 0. The van der Waals surface area contributed by atoms with Crippen LogP contribution in [0.3, 0.4) is 0 Å². The Morgan fingerprint density at radius 1 is 1.33 bits per heavy atom. The van der Waals surface area contributed by atoms with Crippen LogP contribution in [-0.2, 0) is 4.74 Å². The fraction of sp³-hybridized carbons (Fsp3) is 0.500. The molecule has 0 fully saturated rings. The molecule has 0 spiro atoms. The number of nitrogen functional groups attached to an aromatic ring is 1. The Morgan fingerprint density at radius 3 is 2.56 bits per heavy atom. The van der Waals surface area contributed by atoms with E-state index in [2.05, 4.69) is 0 Å². The largest absolute Gasteiger partial charge is 0.488 e. The number of carbonyl (C=O) groups excluding carboxylic acids is 1. The van der Waals surface area contributed by atoms with Gasteiger partial charge in [-0.15, -0.1) is 0 Å². The van der Waals surface area contributed by atoms with E-state index in [0.717, 1.165) is 6.42 Å². The topological polar surface area (TPSA) is 61.5 Å². The number of esters is 1. The second kappa shape index (κ2) is 5.76. The molecule has 18 heavy (non-hydrogen) atoms. The number of ether oxygens (including phenoxy) is 2. The summed E-state index contributed by atoms with van der Waals surface area (Å²) < 4.78 is 10.8. The maximum absolute atomic E-state index is 11.8. The van der Waals surface area contributed by atoms with Crippen molar-refractivity contribution < 1.29 is 14.3 Å². The maximum atomic E-state index is 11.8. The highest BCUT2D eigenvalue weighted by molar-refractivity contribution is 5.95. The van der Waals surface area contributed by atoms with Crippen LogP contribution >= 0.6 is 0 Å². The summed E-state index contributed by atoms with van der Waals surface area (Å²) in [6, 6.07) is 5.03. The van der Waals surface area contributed by atoms with Crippen LogP contribution in [-0.4, -0.2) is 18.2 Å². The predicted octanol–water partition coefficient (Wildman–Crippen LogP) is 3.01. The number of rotatable bonds is 4. The van der Waals surface area contributed by atoms with Crippen molar-refractivity contribution in [3.63, 3.8) is 0 Å². The highest BCUT2D eigenvalue weighted by Gasteiger charge is 2.16. The van der Waals surface area contributed by atoms with Crippen LogP contribution < -0.4 is 10.5 Å². The van der Waals surface area contributed by atoms with E-state index in [4.69, 9.17) is 15.2 Å². The minimum atomic E-state index is -0.409. The molecule has 0 amide bonds. The van der Waals surface area contributed by atoms with Gasteiger partial charge in [0.1, 0.15) is 11.4 Å². The number of benzene rings is 1. The van der Waals surface area contributed by atoms with Crippen molar-refractivity contribution in [1.82, 2.24) is 0 Å². The van der Waals surface area contributed by atoms with Crippen molar-refractivity contribution in [3.05, 3.63) is 23.8 Å². The molecule has 0 bridgehead atoms. The first-order valence-corrected chi connectivity index (χ1v) is 6.09. The fourth-order valence-electron chi connectivity index (χ4n) is 1.40. The first-order valence-electron chi connectivity index (χ1n) is 6.09. The van der Waals surface area contributed by atoms with Gasteiger partial charge < -0.3 is 15.2 Å². The second-order valence-electron chi connectivity index (χ2n) is 5.10. The molecule has 0 aliphatic carbocycles. The third-order valence-electron chi connectivity index (χ3n) is 2.11. The van der Waals surface area contributed by atoms with E-state index in [0.29, 0.717) is 23.6 Å². The van der Waals surface area contributed by atoms with Gasteiger partial charge in [0.2, 0.25) is 0 Å². The first-order chi connectivity index (χ1) is 8.33. The Labute approximate surface area is 108 Å². The van der Waals surface area contributed by atoms with E-state index in [9.17, 15) is 4.79 Å². The third kappa shape index (κ3) is 4.28. The SMILES string of the molecule is CCCOC(=O)c1cc(OC(C)(C)C)ccc1N. The van der Waals surface area contributed by atoms with Crippen LogP contribution in [0.4, 0.5) is 5.69 Å². The zero-order valence-corrected chi connectivity index (χ0v) is 11.4. The van der Waals surface area contributed by atoms with E-state index in [-0.39, 0.29) is 5.60 Å². The first kappa shape index (κ1) is 14.4. The van der Waals surface area contributed by atoms with Gasteiger partial charge in [-0.25, -0.2) is 4.79 Å². The number of hydrogen-bond acceptors (Lipinski definition) is 4. The number of hydrogen-bond donors (Lipinski definition) is 1. The summed E-state index contributed by atoms with van der Waals surface area (Å²) in [7, 11) is 0. The molecule has 2 N–H and O–H groups in total. The van der Waals surface area contributed by atoms with Crippen LogP contribution in [0.5, 0.6) is 5.75 Å². The summed E-state index contributed by atoms with van der Waals surface area (Å²) in [5.41, 5.74) is 6.20. The lowest BCUT2D eigenvalue weighted by atomic mass is 10.1. The molecular formula is C14H21NO3. The third-order valence-corrected chi connectivity index (χ3v) is 2.11. The molecule has 1 rings (SSSR count). The van der Waals surface area contributed by atoms with Crippen LogP contribution in [0, 0.1) is 0 Å². The molecule has 0 saturated carbocycles. The van der Waals surface area contributed by atoms with E-state index in [1.807, 2.05) is 27.7 Å². The lowest BCUT2D eigenvalue weighted by molar-refractivity contribution is 0.0504. The average Bonchev–Trinajstić information content (AvgIpc) is 2.26. The Kier molecular flexibility index (Phi) is 4.59. The van der Waals surface area contributed by atoms with Gasteiger partial charge in [0.25, 0.3) is 0 Å². The van der Waals surface area contributed by atoms with Gasteiger partial charge in [0.05, 0.1) is 12.2 Å². The van der Waals surface area contributed by atoms with Crippen LogP contribution in [0.25, 0.3) is 0 Å². The number of nitrogens with two attached hydrogens (primary N) is 1. The molecule has 1 aromatic rings. The molecule has 100 valence electrons. The number of carbonyl (C=O) groups is 1. The number of anilines is 1. The molecule has 1 aromatic carbocycles. The van der Waals surface area contributed by atoms with Gasteiger partial charge in [0, 0.05) is 5.69 Å². The molecule has 4 nitrogen and oxygen atoms in total. The Bertz CT molecular complexity index is 422. The summed E-state index contributed by atoms with van der Waals surface area (Å²) in [6.07, 6.45) is 0.782.